The standard InChI is InChI=1S/C21H33N3O2.2ClH/c1-26-19-7-5-6-18(12-19)24-11-8-17(15-24)14-23-20(25)13-21(16-22)9-3-2-4-10-21;;/h5-7,12,17H,2-4,8-11,13-16,22H2,1H3,(H,23,25);2*1H. The normalized spacial score (nSPS) is 20.6. The molecule has 28 heavy (non-hydrogen) atoms. The molecule has 3 N–H and O–H groups in total. The fraction of sp³-hybridized carbons (Fsp3) is 0.667. The largest absolute Gasteiger partial charge is 0.497 e. The van der Waals surface area contributed by atoms with Crippen molar-refractivity contribution < 1.29 is 9.53 Å². The van der Waals surface area contributed by atoms with Gasteiger partial charge in [0.25, 0.3) is 0 Å². The number of methoxy groups -OCH3 is 1. The van der Waals surface area contributed by atoms with Crippen LogP contribution < -0.4 is 20.7 Å². The molecule has 1 saturated carbocycles. The second-order valence-electron chi connectivity index (χ2n) is 8.05. The molecule has 0 aromatic heterocycles. The fourth-order valence-corrected chi connectivity index (χ4v) is 4.46. The van der Waals surface area contributed by atoms with Gasteiger partial charge in [0.1, 0.15) is 5.75 Å². The molecule has 160 valence electrons. The van der Waals surface area contributed by atoms with Crippen LogP contribution in [0.5, 0.6) is 5.75 Å². The van der Waals surface area contributed by atoms with Crippen molar-refractivity contribution in [3.63, 3.8) is 0 Å². The Bertz CT molecular complexity index is 609. The second-order valence-corrected chi connectivity index (χ2v) is 8.05. The number of ether oxygens (including phenoxy) is 1. The zero-order chi connectivity index (χ0) is 18.4. The summed E-state index contributed by atoms with van der Waals surface area (Å²) in [6.45, 7) is 3.41. The number of hydrogen-bond donors (Lipinski definition) is 2. The highest BCUT2D eigenvalue weighted by molar-refractivity contribution is 5.85. The van der Waals surface area contributed by atoms with Crippen LogP contribution in [-0.4, -0.2) is 39.2 Å². The monoisotopic (exact) mass is 431 g/mol. The van der Waals surface area contributed by atoms with Crippen molar-refractivity contribution in [1.29, 1.82) is 0 Å². The summed E-state index contributed by atoms with van der Waals surface area (Å²) in [5.41, 5.74) is 7.26. The molecule has 1 aromatic rings. The van der Waals surface area contributed by atoms with Gasteiger partial charge in [-0.25, -0.2) is 0 Å². The van der Waals surface area contributed by atoms with E-state index in [9.17, 15) is 4.79 Å². The van der Waals surface area contributed by atoms with E-state index in [1.165, 1.54) is 24.9 Å². The molecule has 2 fully saturated rings. The molecule has 1 saturated heterocycles. The van der Waals surface area contributed by atoms with Crippen molar-refractivity contribution in [1.82, 2.24) is 5.32 Å². The van der Waals surface area contributed by atoms with Crippen molar-refractivity contribution in [2.45, 2.75) is 44.9 Å². The predicted octanol–water partition coefficient (Wildman–Crippen LogP) is 3.78. The first-order valence-electron chi connectivity index (χ1n) is 10.00. The maximum atomic E-state index is 12.5. The number of anilines is 1. The van der Waals surface area contributed by atoms with Crippen molar-refractivity contribution in [2.24, 2.45) is 17.1 Å². The SMILES string of the molecule is COc1cccc(N2CCC(CNC(=O)CC3(CN)CCCCC3)C2)c1.Cl.Cl. The third-order valence-electron chi connectivity index (χ3n) is 6.18. The van der Waals surface area contributed by atoms with E-state index in [4.69, 9.17) is 10.5 Å². The van der Waals surface area contributed by atoms with Gasteiger partial charge >= 0.3 is 0 Å². The molecule has 5 nitrogen and oxygen atoms in total. The van der Waals surface area contributed by atoms with Gasteiger partial charge in [0.2, 0.25) is 5.91 Å². The Morgan fingerprint density at radius 3 is 2.71 bits per heavy atom. The van der Waals surface area contributed by atoms with Gasteiger partial charge in [-0.2, -0.15) is 0 Å². The average molecular weight is 432 g/mol. The Hall–Kier alpha value is -1.17. The Morgan fingerprint density at radius 2 is 2.04 bits per heavy atom. The molecule has 0 bridgehead atoms. The van der Waals surface area contributed by atoms with Gasteiger partial charge in [0, 0.05) is 37.8 Å². The van der Waals surface area contributed by atoms with E-state index in [2.05, 4.69) is 22.3 Å². The summed E-state index contributed by atoms with van der Waals surface area (Å²) in [7, 11) is 1.70. The number of nitrogens with one attached hydrogen (secondary N) is 1. The summed E-state index contributed by atoms with van der Waals surface area (Å²) in [5.74, 6) is 1.57. The lowest BCUT2D eigenvalue weighted by atomic mass is 9.71. The quantitative estimate of drug-likeness (QED) is 0.688. The first-order chi connectivity index (χ1) is 12.6. The van der Waals surface area contributed by atoms with E-state index in [0.717, 1.165) is 44.6 Å². The molecular formula is C21H35Cl2N3O2. The number of nitrogens with zero attached hydrogens (tertiary/aromatic N) is 1. The lowest BCUT2D eigenvalue weighted by molar-refractivity contribution is -0.124. The molecule has 1 unspecified atom stereocenters. The molecule has 1 amide bonds. The molecule has 1 aliphatic heterocycles. The minimum absolute atomic E-state index is 0. The summed E-state index contributed by atoms with van der Waals surface area (Å²) in [4.78, 5) is 14.8. The lowest BCUT2D eigenvalue weighted by Crippen LogP contribution is -2.40. The third-order valence-corrected chi connectivity index (χ3v) is 6.18. The number of carbonyl (C=O) groups excluding carboxylic acids is 1. The van der Waals surface area contributed by atoms with Gasteiger partial charge < -0.3 is 20.7 Å². The van der Waals surface area contributed by atoms with Crippen molar-refractivity contribution >= 4 is 36.4 Å². The van der Waals surface area contributed by atoms with Crippen LogP contribution in [0.2, 0.25) is 0 Å². The van der Waals surface area contributed by atoms with Crippen LogP contribution in [0, 0.1) is 11.3 Å². The molecule has 0 spiro atoms. The van der Waals surface area contributed by atoms with Crippen molar-refractivity contribution in [3.05, 3.63) is 24.3 Å². The summed E-state index contributed by atoms with van der Waals surface area (Å²) < 4.78 is 5.32. The van der Waals surface area contributed by atoms with E-state index >= 15 is 0 Å². The first kappa shape index (κ1) is 24.9. The Kier molecular flexibility index (Phi) is 10.4. The summed E-state index contributed by atoms with van der Waals surface area (Å²) in [6.07, 6.45) is 7.61. The molecule has 0 radical (unpaired) electrons. The highest BCUT2D eigenvalue weighted by Crippen LogP contribution is 2.38. The zero-order valence-corrected chi connectivity index (χ0v) is 18.5. The van der Waals surface area contributed by atoms with Crippen LogP contribution in [0.25, 0.3) is 0 Å². The lowest BCUT2D eigenvalue weighted by Gasteiger charge is -2.35. The van der Waals surface area contributed by atoms with Crippen LogP contribution in [0.15, 0.2) is 24.3 Å². The number of hydrogen-bond acceptors (Lipinski definition) is 4. The minimum atomic E-state index is 0. The summed E-state index contributed by atoms with van der Waals surface area (Å²) in [6, 6.07) is 8.20. The average Bonchev–Trinajstić information content (AvgIpc) is 3.16. The molecule has 2 aliphatic rings. The summed E-state index contributed by atoms with van der Waals surface area (Å²) in [5, 5.41) is 3.18. The number of halogens is 2. The number of carbonyl (C=O) groups is 1. The Morgan fingerprint density at radius 1 is 1.29 bits per heavy atom. The number of benzene rings is 1. The maximum Gasteiger partial charge on any atom is 0.220 e. The highest BCUT2D eigenvalue weighted by atomic mass is 35.5. The molecular weight excluding hydrogens is 397 g/mol. The molecule has 1 heterocycles. The van der Waals surface area contributed by atoms with Gasteiger partial charge in [-0.1, -0.05) is 25.3 Å². The van der Waals surface area contributed by atoms with Crippen LogP contribution in [0.1, 0.15) is 44.9 Å². The fourth-order valence-electron chi connectivity index (χ4n) is 4.46. The van der Waals surface area contributed by atoms with Crippen LogP contribution in [0.3, 0.4) is 0 Å². The molecule has 1 atom stereocenters. The van der Waals surface area contributed by atoms with E-state index < -0.39 is 0 Å². The van der Waals surface area contributed by atoms with E-state index in [0.29, 0.717) is 18.9 Å². The zero-order valence-electron chi connectivity index (χ0n) is 16.8. The second kappa shape index (κ2) is 11.7. The van der Waals surface area contributed by atoms with Crippen LogP contribution in [-0.2, 0) is 4.79 Å². The van der Waals surface area contributed by atoms with Crippen LogP contribution >= 0.6 is 24.8 Å². The maximum absolute atomic E-state index is 12.5. The number of amides is 1. The van der Waals surface area contributed by atoms with Gasteiger partial charge in [-0.05, 0) is 49.3 Å². The molecule has 3 rings (SSSR count). The topological polar surface area (TPSA) is 67.6 Å². The smallest absolute Gasteiger partial charge is 0.220 e. The van der Waals surface area contributed by atoms with Gasteiger partial charge in [0.05, 0.1) is 7.11 Å². The Labute approximate surface area is 181 Å². The van der Waals surface area contributed by atoms with E-state index in [-0.39, 0.29) is 36.1 Å². The van der Waals surface area contributed by atoms with Gasteiger partial charge in [0.15, 0.2) is 0 Å². The van der Waals surface area contributed by atoms with Gasteiger partial charge in [-0.3, -0.25) is 4.79 Å². The Balaban J connectivity index is 0.00000196. The summed E-state index contributed by atoms with van der Waals surface area (Å²) >= 11 is 0. The number of nitrogens with two attached hydrogens (primary N) is 1. The molecule has 1 aromatic carbocycles. The first-order valence-corrected chi connectivity index (χ1v) is 10.00. The third kappa shape index (κ3) is 6.43. The van der Waals surface area contributed by atoms with E-state index in [1.54, 1.807) is 7.11 Å². The number of rotatable bonds is 7. The van der Waals surface area contributed by atoms with Crippen molar-refractivity contribution in [2.75, 3.05) is 38.2 Å². The predicted molar refractivity (Wildman–Crippen MR) is 120 cm³/mol. The highest BCUT2D eigenvalue weighted by Gasteiger charge is 2.33. The van der Waals surface area contributed by atoms with Crippen LogP contribution in [0.4, 0.5) is 5.69 Å². The van der Waals surface area contributed by atoms with E-state index in [1.807, 2.05) is 12.1 Å². The molecule has 1 aliphatic carbocycles. The van der Waals surface area contributed by atoms with Gasteiger partial charge in [-0.15, -0.1) is 24.8 Å². The molecule has 7 heteroatoms. The van der Waals surface area contributed by atoms with Crippen molar-refractivity contribution in [3.8, 4) is 5.75 Å². The minimum Gasteiger partial charge on any atom is -0.497 e.